The van der Waals surface area contributed by atoms with Crippen LogP contribution in [0, 0.1) is 0 Å². The first-order chi connectivity index (χ1) is 10.7. The van der Waals surface area contributed by atoms with E-state index in [0.717, 1.165) is 5.56 Å². The predicted molar refractivity (Wildman–Crippen MR) is 82.4 cm³/mol. The summed E-state index contributed by atoms with van der Waals surface area (Å²) >= 11 is 0. The van der Waals surface area contributed by atoms with Gasteiger partial charge in [-0.2, -0.15) is 4.79 Å². The molecule has 1 heterocycles. The molecule has 1 aromatic rings. The quantitative estimate of drug-likeness (QED) is 0.685. The first-order valence-electron chi connectivity index (χ1n) is 7.66. The van der Waals surface area contributed by atoms with Gasteiger partial charge in [-0.1, -0.05) is 30.3 Å². The number of likely N-dealkylation sites (tertiary alicyclic amines) is 1. The number of hydrogen-bond donors (Lipinski definition) is 1. The van der Waals surface area contributed by atoms with E-state index in [0.29, 0.717) is 0 Å². The van der Waals surface area contributed by atoms with Crippen molar-refractivity contribution in [1.29, 1.82) is 0 Å². The van der Waals surface area contributed by atoms with Gasteiger partial charge in [0.25, 0.3) is 0 Å². The van der Waals surface area contributed by atoms with Gasteiger partial charge in [0.1, 0.15) is 12.1 Å². The van der Waals surface area contributed by atoms with Crippen LogP contribution in [0.25, 0.3) is 0 Å². The number of halogens is 1. The number of carbonyl (C=O) groups excluding carboxylic acids is 1. The molecule has 1 aromatic carbocycles. The zero-order valence-electron chi connectivity index (χ0n) is 13.7. The van der Waals surface area contributed by atoms with Gasteiger partial charge in [0, 0.05) is 6.42 Å². The van der Waals surface area contributed by atoms with Crippen molar-refractivity contribution in [2.75, 3.05) is 6.54 Å². The van der Waals surface area contributed by atoms with Gasteiger partial charge in [-0.15, -0.1) is 0 Å². The Balaban J connectivity index is 2.23. The summed E-state index contributed by atoms with van der Waals surface area (Å²) in [6.07, 6.45) is -2.68. The maximum Gasteiger partial charge on any atom is 0.514 e. The highest BCUT2D eigenvalue weighted by atomic mass is 19.1. The number of carboxylic acid groups (broad SMARTS) is 1. The monoisotopic (exact) mass is 324 g/mol. The first-order valence-corrected chi connectivity index (χ1v) is 7.66. The molecular formula is C17H23FNO4+. The van der Waals surface area contributed by atoms with Gasteiger partial charge in [-0.25, -0.2) is 13.7 Å². The van der Waals surface area contributed by atoms with Crippen LogP contribution >= 0.6 is 0 Å². The second kappa shape index (κ2) is 6.28. The zero-order valence-corrected chi connectivity index (χ0v) is 13.7. The number of alkyl halides is 1. The largest absolute Gasteiger partial charge is 0.514 e. The van der Waals surface area contributed by atoms with Crippen LogP contribution in [0.2, 0.25) is 0 Å². The van der Waals surface area contributed by atoms with Gasteiger partial charge in [0.05, 0.1) is 6.54 Å². The minimum Gasteiger partial charge on any atom is -0.456 e. The van der Waals surface area contributed by atoms with Crippen LogP contribution < -0.4 is 0 Å². The van der Waals surface area contributed by atoms with Crippen molar-refractivity contribution in [1.82, 2.24) is 0 Å². The first kappa shape index (κ1) is 17.4. The van der Waals surface area contributed by atoms with Crippen LogP contribution in [0.3, 0.4) is 0 Å². The Morgan fingerprint density at radius 2 is 1.91 bits per heavy atom. The summed E-state index contributed by atoms with van der Waals surface area (Å²) in [5.41, 5.74) is -0.0400. The van der Waals surface area contributed by atoms with E-state index in [9.17, 15) is 19.1 Å². The molecule has 3 atom stereocenters. The summed E-state index contributed by atoms with van der Waals surface area (Å²) in [4.78, 5) is 24.4. The molecule has 23 heavy (non-hydrogen) atoms. The fourth-order valence-corrected chi connectivity index (χ4v) is 3.30. The molecule has 1 aliphatic heterocycles. The third-order valence-electron chi connectivity index (χ3n) is 4.58. The Labute approximate surface area is 135 Å². The van der Waals surface area contributed by atoms with Crippen LogP contribution in [0.15, 0.2) is 30.3 Å². The van der Waals surface area contributed by atoms with Crippen molar-refractivity contribution in [2.24, 2.45) is 0 Å². The molecule has 1 unspecified atom stereocenters. The van der Waals surface area contributed by atoms with E-state index in [2.05, 4.69) is 0 Å². The molecule has 126 valence electrons. The maximum atomic E-state index is 14.4. The number of nitrogens with zero attached hydrogens (tertiary/aromatic N) is 1. The van der Waals surface area contributed by atoms with Gasteiger partial charge < -0.3 is 9.84 Å². The third-order valence-corrected chi connectivity index (χ3v) is 4.58. The molecule has 1 aliphatic rings. The lowest BCUT2D eigenvalue weighted by molar-refractivity contribution is -0.908. The highest BCUT2D eigenvalue weighted by molar-refractivity contribution is 5.78. The molecule has 1 amide bonds. The van der Waals surface area contributed by atoms with E-state index in [-0.39, 0.29) is 19.6 Å². The Kier molecular flexibility index (Phi) is 4.75. The second-order valence-electron chi connectivity index (χ2n) is 6.89. The molecule has 1 N–H and O–H groups in total. The molecule has 6 heteroatoms. The Morgan fingerprint density at radius 1 is 1.30 bits per heavy atom. The number of carbonyl (C=O) groups is 2. The molecule has 0 spiro atoms. The Hall–Kier alpha value is -1.95. The summed E-state index contributed by atoms with van der Waals surface area (Å²) in [6.45, 7) is 5.20. The fraction of sp³-hybridized carbons (Fsp3) is 0.529. The highest BCUT2D eigenvalue weighted by Gasteiger charge is 2.64. The molecule has 1 saturated heterocycles. The van der Waals surface area contributed by atoms with E-state index in [4.69, 9.17) is 4.74 Å². The Bertz CT molecular complexity index is 584. The number of esters is 1. The third kappa shape index (κ3) is 3.08. The summed E-state index contributed by atoms with van der Waals surface area (Å²) < 4.78 is 19.0. The van der Waals surface area contributed by atoms with Crippen molar-refractivity contribution in [2.45, 2.75) is 51.6 Å². The van der Waals surface area contributed by atoms with Crippen LogP contribution in [0.5, 0.6) is 0 Å². The minimum atomic E-state index is -1.52. The second-order valence-corrected chi connectivity index (χ2v) is 6.89. The number of quaternary nitrogens is 1. The fourth-order valence-electron chi connectivity index (χ4n) is 3.30. The van der Waals surface area contributed by atoms with E-state index in [1.54, 1.807) is 32.9 Å². The highest BCUT2D eigenvalue weighted by Crippen LogP contribution is 2.39. The van der Waals surface area contributed by atoms with E-state index in [1.165, 1.54) is 0 Å². The maximum absolute atomic E-state index is 14.4. The number of benzene rings is 1. The van der Waals surface area contributed by atoms with E-state index >= 15 is 0 Å². The van der Waals surface area contributed by atoms with Crippen molar-refractivity contribution >= 4 is 12.1 Å². The molecule has 2 rings (SSSR count). The van der Waals surface area contributed by atoms with E-state index < -0.39 is 34.3 Å². The number of rotatable bonds is 3. The van der Waals surface area contributed by atoms with Crippen LogP contribution in [0.1, 0.15) is 32.8 Å². The molecule has 0 radical (unpaired) electrons. The SMILES string of the molecule is CC(C)(C)[N+]1(C(=O)O)CC[C@@H](F)[C@H]1C(=O)OCc1ccccc1. The lowest BCUT2D eigenvalue weighted by Gasteiger charge is -2.43. The van der Waals surface area contributed by atoms with Crippen LogP contribution in [0.4, 0.5) is 9.18 Å². The predicted octanol–water partition coefficient (Wildman–Crippen LogP) is 3.13. The van der Waals surface area contributed by atoms with Gasteiger partial charge in [0.2, 0.25) is 6.04 Å². The van der Waals surface area contributed by atoms with Crippen LogP contribution in [-0.2, 0) is 16.1 Å². The molecule has 0 bridgehead atoms. The molecule has 0 aliphatic carbocycles. The van der Waals surface area contributed by atoms with Crippen molar-refractivity contribution in [3.63, 3.8) is 0 Å². The number of amides is 1. The molecule has 0 aromatic heterocycles. The van der Waals surface area contributed by atoms with Gasteiger partial charge in [0.15, 0.2) is 6.17 Å². The average Bonchev–Trinajstić information content (AvgIpc) is 2.84. The topological polar surface area (TPSA) is 63.6 Å². The molecular weight excluding hydrogens is 301 g/mol. The minimum absolute atomic E-state index is 0.00660. The normalized spacial score (nSPS) is 27.7. The number of hydrogen-bond acceptors (Lipinski definition) is 3. The van der Waals surface area contributed by atoms with Crippen LogP contribution in [-0.4, -0.2) is 45.9 Å². The summed E-state index contributed by atoms with van der Waals surface area (Å²) in [6, 6.07) is 7.70. The van der Waals surface area contributed by atoms with Crippen molar-refractivity contribution in [3.8, 4) is 0 Å². The van der Waals surface area contributed by atoms with E-state index in [1.807, 2.05) is 18.2 Å². The number of ether oxygens (including phenoxy) is 1. The smallest absolute Gasteiger partial charge is 0.456 e. The van der Waals surface area contributed by atoms with Gasteiger partial charge >= 0.3 is 12.1 Å². The molecule has 5 nitrogen and oxygen atoms in total. The lowest BCUT2D eigenvalue weighted by Crippen LogP contribution is -2.68. The van der Waals surface area contributed by atoms with Crippen molar-refractivity contribution in [3.05, 3.63) is 35.9 Å². The standard InChI is InChI=1S/C17H22FNO4/c1-17(2,3)19(16(21)22)10-9-13(18)14(19)15(20)23-11-12-7-5-4-6-8-12/h4-8,13-14H,9-11H2,1-3H3/p+1/t13-,14+,19?/m1/s1. The summed E-state index contributed by atoms with van der Waals surface area (Å²) in [5, 5.41) is 9.72. The van der Waals surface area contributed by atoms with Gasteiger partial charge in [-0.3, -0.25) is 0 Å². The Morgan fingerprint density at radius 3 is 2.43 bits per heavy atom. The zero-order chi connectivity index (χ0) is 17.3. The molecule has 0 saturated carbocycles. The summed E-state index contributed by atoms with van der Waals surface area (Å²) in [5.74, 6) is -0.795. The van der Waals surface area contributed by atoms with Crippen molar-refractivity contribution < 1.29 is 28.3 Å². The molecule has 1 fully saturated rings. The average molecular weight is 324 g/mol. The summed E-state index contributed by atoms with van der Waals surface area (Å²) in [7, 11) is 0. The van der Waals surface area contributed by atoms with Gasteiger partial charge in [-0.05, 0) is 26.3 Å². The lowest BCUT2D eigenvalue weighted by atomic mass is 9.99.